The van der Waals surface area contributed by atoms with Crippen molar-refractivity contribution in [3.05, 3.63) is 65.0 Å². The van der Waals surface area contributed by atoms with Gasteiger partial charge in [0.1, 0.15) is 11.3 Å². The van der Waals surface area contributed by atoms with Crippen LogP contribution in [-0.4, -0.2) is 64.1 Å². The molecule has 1 amide bonds. The van der Waals surface area contributed by atoms with E-state index in [0.717, 1.165) is 42.4 Å². The predicted octanol–water partition coefficient (Wildman–Crippen LogP) is 5.99. The molecule has 2 saturated heterocycles. The summed E-state index contributed by atoms with van der Waals surface area (Å²) in [4.78, 5) is 21.5. The van der Waals surface area contributed by atoms with Gasteiger partial charge in [-0.25, -0.2) is 4.85 Å². The Bertz CT molecular complexity index is 1220. The van der Waals surface area contributed by atoms with Crippen LogP contribution >= 0.6 is 24.0 Å². The zero-order chi connectivity index (χ0) is 27.5. The van der Waals surface area contributed by atoms with E-state index in [2.05, 4.69) is 21.9 Å². The average molecular weight is 563 g/mol. The van der Waals surface area contributed by atoms with E-state index < -0.39 is 28.9 Å². The molecule has 2 fully saturated rings. The van der Waals surface area contributed by atoms with E-state index in [0.29, 0.717) is 19.6 Å². The first kappa shape index (κ1) is 28.2. The topological polar surface area (TPSA) is 40.4 Å². The highest BCUT2D eigenvalue weighted by Gasteiger charge is 2.49. The molecule has 0 aromatic heterocycles. The molecular formula is C27H29F3N4O2S2. The second-order valence-corrected chi connectivity index (χ2v) is 11.3. The molecule has 2 aliphatic rings. The van der Waals surface area contributed by atoms with Crippen LogP contribution in [0.4, 0.5) is 24.5 Å². The quantitative estimate of drug-likeness (QED) is 0.224. The maximum atomic E-state index is 13.5. The molecule has 2 heterocycles. The molecule has 4 rings (SSSR count). The van der Waals surface area contributed by atoms with E-state index in [-0.39, 0.29) is 10.8 Å². The summed E-state index contributed by atoms with van der Waals surface area (Å²) >= 11 is 7.52. The van der Waals surface area contributed by atoms with E-state index in [1.807, 2.05) is 23.9 Å². The lowest BCUT2D eigenvalue weighted by atomic mass is 10.0. The van der Waals surface area contributed by atoms with Crippen molar-refractivity contribution < 1.29 is 22.7 Å². The molecule has 6 nitrogen and oxygen atoms in total. The highest BCUT2D eigenvalue weighted by atomic mass is 32.2. The van der Waals surface area contributed by atoms with Crippen LogP contribution in [0.1, 0.15) is 31.4 Å². The number of halogens is 3. The number of amides is 1. The lowest BCUT2D eigenvalue weighted by molar-refractivity contribution is -0.136. The molecule has 2 aromatic rings. The van der Waals surface area contributed by atoms with E-state index >= 15 is 0 Å². The van der Waals surface area contributed by atoms with Gasteiger partial charge in [-0.15, -0.1) is 0 Å². The number of thiocarbonyl (C=S) groups is 1. The SMILES string of the molecule is [C-]#[N+]c1ccc(N2C(=O)C(C)(C)N(CCCOc3ccc(CN4CCSCC4)cc3)C2=S)cc1C(F)(F)F. The minimum absolute atomic E-state index is 0.00468. The summed E-state index contributed by atoms with van der Waals surface area (Å²) in [5.41, 5.74) is -1.42. The van der Waals surface area contributed by atoms with E-state index in [9.17, 15) is 18.0 Å². The second kappa shape index (κ2) is 11.5. The molecule has 0 radical (unpaired) electrons. The number of nitrogens with zero attached hydrogens (tertiary/aromatic N) is 4. The molecule has 11 heteroatoms. The van der Waals surface area contributed by atoms with Crippen LogP contribution in [0, 0.1) is 6.57 Å². The monoisotopic (exact) mass is 562 g/mol. The Kier molecular flexibility index (Phi) is 8.55. The van der Waals surface area contributed by atoms with Crippen LogP contribution in [0.2, 0.25) is 0 Å². The second-order valence-electron chi connectivity index (χ2n) is 9.68. The number of anilines is 1. The van der Waals surface area contributed by atoms with Gasteiger partial charge in [0.15, 0.2) is 10.8 Å². The molecule has 0 spiro atoms. The van der Waals surface area contributed by atoms with Crippen molar-refractivity contribution in [2.75, 3.05) is 42.6 Å². The van der Waals surface area contributed by atoms with Crippen molar-refractivity contribution in [2.45, 2.75) is 38.5 Å². The van der Waals surface area contributed by atoms with Crippen LogP contribution < -0.4 is 9.64 Å². The highest BCUT2D eigenvalue weighted by molar-refractivity contribution is 7.99. The molecular weight excluding hydrogens is 533 g/mol. The molecule has 0 saturated carbocycles. The van der Waals surface area contributed by atoms with Crippen molar-refractivity contribution in [1.29, 1.82) is 0 Å². The Balaban J connectivity index is 1.36. The molecule has 2 aliphatic heterocycles. The standard InChI is InChI=1S/C27H29F3N4O2S2/c1-26(2)24(35)34(20-7-10-23(31-3)22(17-20)27(28,29)30)25(37)33(26)11-4-14-36-21-8-5-19(6-9-21)18-32-12-15-38-16-13-32/h5-10,17H,4,11-16,18H2,1-2H3. The number of benzene rings is 2. The lowest BCUT2D eigenvalue weighted by Crippen LogP contribution is -2.44. The minimum atomic E-state index is -4.72. The average Bonchev–Trinajstić information content (AvgIpc) is 3.06. The van der Waals surface area contributed by atoms with Gasteiger partial charge in [-0.1, -0.05) is 18.2 Å². The fraction of sp³-hybridized carbons (Fsp3) is 0.444. The number of rotatable bonds is 8. The van der Waals surface area contributed by atoms with Crippen molar-refractivity contribution in [3.8, 4) is 5.75 Å². The third kappa shape index (κ3) is 6.08. The first-order valence-corrected chi connectivity index (χ1v) is 13.9. The van der Waals surface area contributed by atoms with Gasteiger partial charge in [0.2, 0.25) is 0 Å². The Morgan fingerprint density at radius 1 is 1.13 bits per heavy atom. The van der Waals surface area contributed by atoms with Crippen molar-refractivity contribution >= 4 is 46.4 Å². The number of alkyl halides is 3. The first-order chi connectivity index (χ1) is 18.0. The van der Waals surface area contributed by atoms with Crippen LogP contribution in [0.3, 0.4) is 0 Å². The van der Waals surface area contributed by atoms with Crippen molar-refractivity contribution in [1.82, 2.24) is 9.80 Å². The number of hydrogen-bond acceptors (Lipinski definition) is 5. The van der Waals surface area contributed by atoms with Crippen LogP contribution in [0.25, 0.3) is 4.85 Å². The first-order valence-electron chi connectivity index (χ1n) is 12.3. The van der Waals surface area contributed by atoms with Crippen LogP contribution in [0.15, 0.2) is 42.5 Å². The van der Waals surface area contributed by atoms with Crippen LogP contribution in [-0.2, 0) is 17.5 Å². The van der Waals surface area contributed by atoms with Gasteiger partial charge in [0.25, 0.3) is 5.91 Å². The summed E-state index contributed by atoms with van der Waals surface area (Å²) < 4.78 is 46.4. The molecule has 0 unspecified atom stereocenters. The van der Waals surface area contributed by atoms with Gasteiger partial charge in [-0.3, -0.25) is 14.6 Å². The predicted molar refractivity (Wildman–Crippen MR) is 148 cm³/mol. The zero-order valence-corrected chi connectivity index (χ0v) is 22.9. The molecule has 2 aromatic carbocycles. The number of carbonyl (C=O) groups excluding carboxylic acids is 1. The summed E-state index contributed by atoms with van der Waals surface area (Å²) in [5, 5.41) is 0.129. The number of thioether (sulfide) groups is 1. The van der Waals surface area contributed by atoms with Crippen molar-refractivity contribution in [2.24, 2.45) is 0 Å². The Labute approximate surface area is 230 Å². The third-order valence-electron chi connectivity index (χ3n) is 6.72. The van der Waals surface area contributed by atoms with Gasteiger partial charge in [-0.2, -0.15) is 24.9 Å². The fourth-order valence-corrected chi connectivity index (χ4v) is 6.03. The minimum Gasteiger partial charge on any atom is -0.494 e. The zero-order valence-electron chi connectivity index (χ0n) is 21.3. The maximum Gasteiger partial charge on any atom is 0.407 e. The smallest absolute Gasteiger partial charge is 0.407 e. The summed E-state index contributed by atoms with van der Waals surface area (Å²) in [6, 6.07) is 11.3. The number of carbonyl (C=O) groups is 1. The Morgan fingerprint density at radius 2 is 1.82 bits per heavy atom. The Hall–Kier alpha value is -2.81. The van der Waals surface area contributed by atoms with E-state index in [1.165, 1.54) is 23.1 Å². The van der Waals surface area contributed by atoms with Gasteiger partial charge >= 0.3 is 6.18 Å². The lowest BCUT2D eigenvalue weighted by Gasteiger charge is -2.29. The van der Waals surface area contributed by atoms with Gasteiger partial charge in [0, 0.05) is 43.4 Å². The number of hydrogen-bond donors (Lipinski definition) is 0. The fourth-order valence-electron chi connectivity index (χ4n) is 4.55. The summed E-state index contributed by atoms with van der Waals surface area (Å²) in [6.07, 6.45) is -4.17. The summed E-state index contributed by atoms with van der Waals surface area (Å²) in [5.74, 6) is 2.67. The summed E-state index contributed by atoms with van der Waals surface area (Å²) in [7, 11) is 0. The highest BCUT2D eigenvalue weighted by Crippen LogP contribution is 2.40. The third-order valence-corrected chi connectivity index (χ3v) is 8.06. The van der Waals surface area contributed by atoms with Gasteiger partial charge in [-0.05, 0) is 62.3 Å². The van der Waals surface area contributed by atoms with Crippen molar-refractivity contribution in [3.63, 3.8) is 0 Å². The normalized spacial score (nSPS) is 18.1. The Morgan fingerprint density at radius 3 is 2.45 bits per heavy atom. The van der Waals surface area contributed by atoms with Gasteiger partial charge < -0.3 is 9.64 Å². The number of ether oxygens (including phenoxy) is 1. The van der Waals surface area contributed by atoms with E-state index in [4.69, 9.17) is 23.5 Å². The molecule has 0 aliphatic carbocycles. The van der Waals surface area contributed by atoms with Crippen LogP contribution in [0.5, 0.6) is 5.75 Å². The van der Waals surface area contributed by atoms with E-state index in [1.54, 1.807) is 18.7 Å². The largest absolute Gasteiger partial charge is 0.494 e. The molecule has 0 N–H and O–H groups in total. The van der Waals surface area contributed by atoms with Gasteiger partial charge in [0.05, 0.1) is 18.7 Å². The summed E-state index contributed by atoms with van der Waals surface area (Å²) in [6.45, 7) is 14.3. The molecule has 202 valence electrons. The molecule has 38 heavy (non-hydrogen) atoms. The maximum absolute atomic E-state index is 13.5. The molecule has 0 atom stereocenters. The molecule has 0 bridgehead atoms.